The second kappa shape index (κ2) is 9.30. The number of ketones is 2. The zero-order chi connectivity index (χ0) is 24.7. The fraction of sp³-hybridized carbons (Fsp3) is 0.346. The molecule has 2 aromatic rings. The lowest BCUT2D eigenvalue weighted by Crippen LogP contribution is -2.19. The van der Waals surface area contributed by atoms with E-state index < -0.39 is 0 Å². The fourth-order valence-corrected chi connectivity index (χ4v) is 5.88. The summed E-state index contributed by atoms with van der Waals surface area (Å²) in [7, 11) is 0. The van der Waals surface area contributed by atoms with E-state index in [4.69, 9.17) is 4.98 Å². The molecule has 1 aromatic carbocycles. The molecular formula is C26H27N5O3S. The zero-order valence-corrected chi connectivity index (χ0v) is 20.9. The van der Waals surface area contributed by atoms with Gasteiger partial charge in [-0.2, -0.15) is 4.68 Å². The van der Waals surface area contributed by atoms with E-state index in [0.29, 0.717) is 44.7 Å². The van der Waals surface area contributed by atoms with Crippen molar-refractivity contribution in [2.45, 2.75) is 58.2 Å². The third kappa shape index (κ3) is 4.14. The molecule has 0 radical (unpaired) electrons. The molecule has 0 aliphatic carbocycles. The highest BCUT2D eigenvalue weighted by molar-refractivity contribution is 7.99. The van der Waals surface area contributed by atoms with Crippen molar-refractivity contribution in [2.75, 3.05) is 5.75 Å². The van der Waals surface area contributed by atoms with Gasteiger partial charge in [0.25, 0.3) is 5.56 Å². The Morgan fingerprint density at radius 1 is 1.11 bits per heavy atom. The average Bonchev–Trinajstić information content (AvgIpc) is 3.20. The number of nitrogens with zero attached hydrogens (tertiary/aromatic N) is 4. The molecule has 3 aliphatic rings. The quantitative estimate of drug-likeness (QED) is 0.245. The van der Waals surface area contributed by atoms with Crippen LogP contribution in [0.1, 0.15) is 64.0 Å². The number of aryl methyl sites for hydroxylation is 1. The number of hydrogen-bond acceptors (Lipinski definition) is 6. The lowest BCUT2D eigenvalue weighted by molar-refractivity contribution is 0.101. The van der Waals surface area contributed by atoms with Crippen molar-refractivity contribution in [3.63, 3.8) is 0 Å². The molecule has 0 atom stereocenters. The number of benzene rings is 1. The maximum absolute atomic E-state index is 13.4. The van der Waals surface area contributed by atoms with Gasteiger partial charge >= 0.3 is 0 Å². The number of fused-ring (bicyclic) bond motifs is 3. The monoisotopic (exact) mass is 489 g/mol. The Balaban J connectivity index is 1.53. The van der Waals surface area contributed by atoms with Crippen LogP contribution in [0.25, 0.3) is 17.1 Å². The molecule has 180 valence electrons. The molecule has 35 heavy (non-hydrogen) atoms. The van der Waals surface area contributed by atoms with Crippen molar-refractivity contribution < 1.29 is 9.59 Å². The van der Waals surface area contributed by atoms with Crippen molar-refractivity contribution in [3.8, 4) is 17.1 Å². The van der Waals surface area contributed by atoms with Gasteiger partial charge in [-0.3, -0.25) is 14.4 Å². The first-order valence-corrected chi connectivity index (χ1v) is 12.8. The van der Waals surface area contributed by atoms with Crippen molar-refractivity contribution in [1.82, 2.24) is 24.3 Å². The van der Waals surface area contributed by atoms with Crippen LogP contribution in [0, 0.1) is 13.8 Å². The van der Waals surface area contributed by atoms with Crippen LogP contribution in [0.2, 0.25) is 0 Å². The molecule has 0 saturated carbocycles. The SMILES string of the molecule is CC(=O)c1c(C)[nH]c(C(=O)CSc2nc3nn(-c4ccccc4)c(=O)c-3c3n2CCCCC3)c1C. The topological polar surface area (TPSA) is 103 Å². The van der Waals surface area contributed by atoms with Gasteiger partial charge in [0.2, 0.25) is 0 Å². The van der Waals surface area contributed by atoms with Crippen LogP contribution in [0.5, 0.6) is 0 Å². The molecule has 0 saturated heterocycles. The minimum Gasteiger partial charge on any atom is -0.355 e. The predicted molar refractivity (Wildman–Crippen MR) is 135 cm³/mol. The van der Waals surface area contributed by atoms with Crippen molar-refractivity contribution in [1.29, 1.82) is 0 Å². The van der Waals surface area contributed by atoms with E-state index in [2.05, 4.69) is 14.6 Å². The van der Waals surface area contributed by atoms with E-state index in [-0.39, 0.29) is 22.9 Å². The first kappa shape index (κ1) is 23.3. The largest absolute Gasteiger partial charge is 0.355 e. The molecule has 0 unspecified atom stereocenters. The van der Waals surface area contributed by atoms with Gasteiger partial charge in [-0.15, -0.1) is 5.10 Å². The van der Waals surface area contributed by atoms with Crippen LogP contribution in [0.3, 0.4) is 0 Å². The zero-order valence-electron chi connectivity index (χ0n) is 20.1. The van der Waals surface area contributed by atoms with Gasteiger partial charge in [0.05, 0.1) is 17.1 Å². The van der Waals surface area contributed by atoms with Crippen molar-refractivity contribution >= 4 is 23.3 Å². The number of aromatic amines is 1. The van der Waals surface area contributed by atoms with Gasteiger partial charge in [0.1, 0.15) is 5.56 Å². The summed E-state index contributed by atoms with van der Waals surface area (Å²) in [6.45, 7) is 5.87. The van der Waals surface area contributed by atoms with Gasteiger partial charge in [-0.05, 0) is 57.7 Å². The Bertz CT molecular complexity index is 1460. The Kier molecular flexibility index (Phi) is 6.19. The lowest BCUT2D eigenvalue weighted by Gasteiger charge is -2.17. The van der Waals surface area contributed by atoms with Crippen LogP contribution in [0.15, 0.2) is 40.3 Å². The molecule has 5 rings (SSSR count). The highest BCUT2D eigenvalue weighted by Gasteiger charge is 2.28. The fourth-order valence-electron chi connectivity index (χ4n) is 4.97. The number of thioether (sulfide) groups is 1. The molecular weight excluding hydrogens is 462 g/mol. The molecule has 4 heterocycles. The summed E-state index contributed by atoms with van der Waals surface area (Å²) in [5.41, 5.74) is 4.49. The summed E-state index contributed by atoms with van der Waals surface area (Å²) in [5, 5.41) is 5.24. The molecule has 8 nitrogen and oxygen atoms in total. The maximum Gasteiger partial charge on any atom is 0.284 e. The number of para-hydroxylation sites is 1. The smallest absolute Gasteiger partial charge is 0.284 e. The molecule has 0 amide bonds. The molecule has 0 spiro atoms. The highest BCUT2D eigenvalue weighted by atomic mass is 32.2. The highest BCUT2D eigenvalue weighted by Crippen LogP contribution is 2.31. The summed E-state index contributed by atoms with van der Waals surface area (Å²) in [4.78, 5) is 46.3. The summed E-state index contributed by atoms with van der Waals surface area (Å²) in [5.74, 6) is 0.429. The van der Waals surface area contributed by atoms with E-state index in [1.807, 2.05) is 37.3 Å². The minimum atomic E-state index is -0.161. The van der Waals surface area contributed by atoms with Gasteiger partial charge in [0, 0.05) is 23.5 Å². The van der Waals surface area contributed by atoms with Crippen LogP contribution >= 0.6 is 11.8 Å². The number of H-pyrrole nitrogens is 1. The first-order valence-electron chi connectivity index (χ1n) is 11.8. The second-order valence-corrected chi connectivity index (χ2v) is 9.89. The number of aromatic nitrogens is 5. The molecule has 0 fully saturated rings. The van der Waals surface area contributed by atoms with Gasteiger partial charge in [-0.25, -0.2) is 4.98 Å². The third-order valence-electron chi connectivity index (χ3n) is 6.57. The second-order valence-electron chi connectivity index (χ2n) is 8.95. The minimum absolute atomic E-state index is 0.0571. The summed E-state index contributed by atoms with van der Waals surface area (Å²) >= 11 is 1.35. The molecule has 1 N–H and O–H groups in total. The number of carbonyl (C=O) groups excluding carboxylic acids is 2. The molecule has 9 heteroatoms. The predicted octanol–water partition coefficient (Wildman–Crippen LogP) is 4.38. The van der Waals surface area contributed by atoms with E-state index in [9.17, 15) is 14.4 Å². The van der Waals surface area contributed by atoms with Crippen molar-refractivity contribution in [3.05, 3.63) is 68.9 Å². The van der Waals surface area contributed by atoms with Crippen LogP contribution in [-0.4, -0.2) is 41.6 Å². The first-order chi connectivity index (χ1) is 16.9. The summed E-state index contributed by atoms with van der Waals surface area (Å²) < 4.78 is 3.51. The number of Topliss-reactive ketones (excluding diaryl/α,β-unsaturated/α-hetero) is 2. The average molecular weight is 490 g/mol. The Morgan fingerprint density at radius 3 is 2.60 bits per heavy atom. The van der Waals surface area contributed by atoms with Crippen LogP contribution in [-0.2, 0) is 13.0 Å². The van der Waals surface area contributed by atoms with Gasteiger partial charge < -0.3 is 9.55 Å². The van der Waals surface area contributed by atoms with E-state index >= 15 is 0 Å². The van der Waals surface area contributed by atoms with E-state index in [1.54, 1.807) is 6.92 Å². The van der Waals surface area contributed by atoms with Gasteiger partial charge in [0.15, 0.2) is 22.5 Å². The number of carbonyl (C=O) groups is 2. The maximum atomic E-state index is 13.4. The third-order valence-corrected chi connectivity index (χ3v) is 7.54. The van der Waals surface area contributed by atoms with Crippen molar-refractivity contribution in [2.24, 2.45) is 0 Å². The van der Waals surface area contributed by atoms with E-state index in [1.165, 1.54) is 23.4 Å². The Morgan fingerprint density at radius 2 is 1.89 bits per heavy atom. The normalized spacial score (nSPS) is 13.6. The van der Waals surface area contributed by atoms with Gasteiger partial charge in [-0.1, -0.05) is 36.4 Å². The number of nitrogens with one attached hydrogen (secondary N) is 1. The number of hydrogen-bond donors (Lipinski definition) is 1. The number of rotatable bonds is 6. The standard InChI is InChI=1S/C26H27N5O3S/c1-15-21(17(3)32)16(2)27-23(15)20(33)14-35-26-28-24-22(19-12-8-5-9-13-30(19)26)25(34)31(29-24)18-10-6-4-7-11-18/h4,6-7,10-11,27H,5,8-9,12-14H2,1-3H3. The lowest BCUT2D eigenvalue weighted by atomic mass is 10.1. The van der Waals surface area contributed by atoms with Crippen LogP contribution < -0.4 is 5.56 Å². The molecule has 0 bridgehead atoms. The summed E-state index contributed by atoms with van der Waals surface area (Å²) in [6, 6.07) is 9.35. The van der Waals surface area contributed by atoms with E-state index in [0.717, 1.165) is 37.9 Å². The summed E-state index contributed by atoms with van der Waals surface area (Å²) in [6.07, 6.45) is 3.83. The molecule has 1 aromatic heterocycles. The van der Waals surface area contributed by atoms with Crippen LogP contribution in [0.4, 0.5) is 0 Å². The Hall–Kier alpha value is -3.46. The Labute approximate surface area is 207 Å². The molecule has 3 aliphatic heterocycles.